The summed E-state index contributed by atoms with van der Waals surface area (Å²) in [6.45, 7) is 0. The van der Waals surface area contributed by atoms with Crippen molar-refractivity contribution >= 4 is 35.5 Å². The molecule has 1 aliphatic rings. The van der Waals surface area contributed by atoms with Gasteiger partial charge in [-0.3, -0.25) is 4.79 Å². The average Bonchev–Trinajstić information content (AvgIpc) is 3.24. The molecule has 3 N–H and O–H groups in total. The lowest BCUT2D eigenvalue weighted by molar-refractivity contribution is -0.749. The van der Waals surface area contributed by atoms with Gasteiger partial charge in [0.25, 0.3) is 11.7 Å². The number of halogens is 1. The number of benzene rings is 2. The van der Waals surface area contributed by atoms with E-state index in [1.165, 1.54) is 49.4 Å². The van der Waals surface area contributed by atoms with Crippen molar-refractivity contribution in [2.45, 2.75) is 43.3 Å². The summed E-state index contributed by atoms with van der Waals surface area (Å²) >= 11 is 7.39. The van der Waals surface area contributed by atoms with Crippen molar-refractivity contribution in [3.8, 4) is 22.9 Å². The number of rotatable bonds is 7. The van der Waals surface area contributed by atoms with E-state index in [9.17, 15) is 15.0 Å². The van der Waals surface area contributed by atoms with Crippen LogP contribution >= 0.6 is 23.4 Å². The van der Waals surface area contributed by atoms with E-state index in [2.05, 4.69) is 25.3 Å². The number of phenolic OH excluding ortho intramolecular Hbond substituents is 1. The average molecular weight is 486 g/mol. The highest BCUT2D eigenvalue weighted by atomic mass is 35.5. The molecule has 172 valence electrons. The third kappa shape index (κ3) is 5.85. The van der Waals surface area contributed by atoms with Gasteiger partial charge in [0.2, 0.25) is 0 Å². The minimum Gasteiger partial charge on any atom is -0.872 e. The van der Waals surface area contributed by atoms with Crippen LogP contribution in [0.15, 0.2) is 52.7 Å². The number of nitrogens with one attached hydrogen (secondary N) is 2. The zero-order valence-electron chi connectivity index (χ0n) is 17.8. The molecule has 8 nitrogen and oxygen atoms in total. The SMILES string of the molecule is O=C(CSc1n[nH]c(-c2ccc(Cl)cc2)[n+]1C1CCCCC1)NN=Cc1ccc(O)cc1[O-]. The van der Waals surface area contributed by atoms with E-state index in [-0.39, 0.29) is 28.7 Å². The van der Waals surface area contributed by atoms with E-state index in [0.29, 0.717) is 11.1 Å². The van der Waals surface area contributed by atoms with Gasteiger partial charge in [-0.15, -0.1) is 5.10 Å². The van der Waals surface area contributed by atoms with E-state index in [1.807, 2.05) is 24.3 Å². The van der Waals surface area contributed by atoms with E-state index in [1.54, 1.807) is 0 Å². The number of hydrazone groups is 1. The van der Waals surface area contributed by atoms with E-state index in [4.69, 9.17) is 11.6 Å². The van der Waals surface area contributed by atoms with Crippen LogP contribution < -0.4 is 15.1 Å². The minimum absolute atomic E-state index is 0.110. The highest BCUT2D eigenvalue weighted by Gasteiger charge is 2.30. The number of hydrogen-bond donors (Lipinski definition) is 3. The van der Waals surface area contributed by atoms with Crippen LogP contribution in [0, 0.1) is 0 Å². The molecule has 0 radical (unpaired) electrons. The molecule has 0 atom stereocenters. The lowest BCUT2D eigenvalue weighted by Crippen LogP contribution is -2.43. The van der Waals surface area contributed by atoms with Crippen molar-refractivity contribution in [2.75, 3.05) is 5.75 Å². The monoisotopic (exact) mass is 485 g/mol. The summed E-state index contributed by atoms with van der Waals surface area (Å²) in [6.07, 6.45) is 6.97. The molecule has 0 saturated heterocycles. The Labute approximate surface area is 200 Å². The van der Waals surface area contributed by atoms with E-state index < -0.39 is 0 Å². The first-order valence-electron chi connectivity index (χ1n) is 10.7. The number of nitrogens with zero attached hydrogens (tertiary/aromatic N) is 3. The summed E-state index contributed by atoms with van der Waals surface area (Å²) in [7, 11) is 0. The standard InChI is InChI=1S/C23H24ClN5O3S/c24-17-9-6-15(7-10-17)22-27-28-23(29(22)18-4-2-1-3-5-18)33-14-21(32)26-25-13-16-8-11-19(30)12-20(16)31/h6-13,18H,1-5,14H2,(H3,25,26,30,31,32). The lowest BCUT2D eigenvalue weighted by Gasteiger charge is -2.21. The molecule has 1 fully saturated rings. The lowest BCUT2D eigenvalue weighted by atomic mass is 9.95. The molecule has 3 aromatic rings. The molecule has 4 rings (SSSR count). The Morgan fingerprint density at radius 1 is 1.27 bits per heavy atom. The quantitative estimate of drug-likeness (QED) is 0.205. The van der Waals surface area contributed by atoms with Crippen LogP contribution in [0.2, 0.25) is 5.02 Å². The van der Waals surface area contributed by atoms with Crippen LogP contribution in [0.5, 0.6) is 11.5 Å². The number of carbonyl (C=O) groups excluding carboxylic acids is 1. The number of hydrogen-bond acceptors (Lipinski definition) is 6. The number of aromatic nitrogens is 3. The summed E-state index contributed by atoms with van der Waals surface area (Å²) in [5.41, 5.74) is 3.69. The van der Waals surface area contributed by atoms with E-state index in [0.717, 1.165) is 35.5 Å². The van der Waals surface area contributed by atoms with Gasteiger partial charge in [0.05, 0.1) is 28.7 Å². The maximum absolute atomic E-state index is 12.3. The molecule has 0 unspecified atom stereocenters. The Kier molecular flexibility index (Phi) is 7.51. The largest absolute Gasteiger partial charge is 0.872 e. The summed E-state index contributed by atoms with van der Waals surface area (Å²) < 4.78 is 2.20. The third-order valence-corrected chi connectivity index (χ3v) is 6.69. The Bertz CT molecular complexity index is 1140. The number of phenols is 1. The fourth-order valence-corrected chi connectivity index (χ4v) is 4.80. The number of aromatic amines is 1. The smallest absolute Gasteiger partial charge is 0.337 e. The third-order valence-electron chi connectivity index (χ3n) is 5.48. The molecule has 0 bridgehead atoms. The first-order valence-corrected chi connectivity index (χ1v) is 12.1. The Hall–Kier alpha value is -3.04. The van der Waals surface area contributed by atoms with Crippen molar-refractivity contribution in [1.29, 1.82) is 0 Å². The van der Waals surface area contributed by atoms with Crippen LogP contribution in [0.3, 0.4) is 0 Å². The molecular weight excluding hydrogens is 462 g/mol. The molecule has 1 aliphatic carbocycles. The zero-order chi connectivity index (χ0) is 23.2. The van der Waals surface area contributed by atoms with Gasteiger partial charge < -0.3 is 10.2 Å². The molecule has 33 heavy (non-hydrogen) atoms. The van der Waals surface area contributed by atoms with Gasteiger partial charge in [-0.05, 0) is 79.4 Å². The van der Waals surface area contributed by atoms with Gasteiger partial charge in [-0.25, -0.2) is 9.99 Å². The predicted octanol–water partition coefficient (Wildman–Crippen LogP) is 3.54. The summed E-state index contributed by atoms with van der Waals surface area (Å²) in [4.78, 5) is 12.3. The van der Waals surface area contributed by atoms with Gasteiger partial charge >= 0.3 is 5.16 Å². The summed E-state index contributed by atoms with van der Waals surface area (Å²) in [6, 6.07) is 11.9. The second-order valence-corrected chi connectivity index (χ2v) is 9.21. The predicted molar refractivity (Wildman–Crippen MR) is 125 cm³/mol. The van der Waals surface area contributed by atoms with Crippen LogP contribution in [-0.2, 0) is 4.79 Å². The van der Waals surface area contributed by atoms with Gasteiger partial charge in [0.15, 0.2) is 0 Å². The fraction of sp³-hybridized carbons (Fsp3) is 0.304. The number of carbonyl (C=O) groups is 1. The highest BCUT2D eigenvalue weighted by molar-refractivity contribution is 7.99. The topological polar surface area (TPSA) is 117 Å². The van der Waals surface area contributed by atoms with Crippen LogP contribution in [0.25, 0.3) is 11.4 Å². The zero-order valence-corrected chi connectivity index (χ0v) is 19.4. The van der Waals surface area contributed by atoms with Gasteiger partial charge in [-0.2, -0.15) is 5.10 Å². The molecule has 10 heteroatoms. The maximum atomic E-state index is 12.3. The summed E-state index contributed by atoms with van der Waals surface area (Å²) in [5, 5.41) is 34.0. The van der Waals surface area contributed by atoms with Crippen LogP contribution in [0.1, 0.15) is 43.7 Å². The van der Waals surface area contributed by atoms with E-state index >= 15 is 0 Å². The number of H-pyrrole nitrogens is 1. The molecule has 2 aromatic carbocycles. The number of thioether (sulfide) groups is 1. The number of aromatic hydroxyl groups is 1. The molecule has 0 spiro atoms. The minimum atomic E-state index is -0.373. The van der Waals surface area contributed by atoms with Crippen molar-refractivity contribution < 1.29 is 19.6 Å². The van der Waals surface area contributed by atoms with Crippen molar-refractivity contribution in [3.05, 3.63) is 53.1 Å². The van der Waals surface area contributed by atoms with Gasteiger partial charge in [0, 0.05) is 5.02 Å². The Morgan fingerprint density at radius 2 is 2.03 bits per heavy atom. The van der Waals surface area contributed by atoms with Crippen molar-refractivity contribution in [1.82, 2.24) is 15.6 Å². The van der Waals surface area contributed by atoms with Crippen LogP contribution in [-0.4, -0.2) is 33.2 Å². The normalized spacial score (nSPS) is 14.6. The first-order chi connectivity index (χ1) is 16.0. The van der Waals surface area contributed by atoms with Crippen LogP contribution in [0.4, 0.5) is 0 Å². The van der Waals surface area contributed by atoms with Crippen molar-refractivity contribution in [2.24, 2.45) is 5.10 Å². The number of amides is 1. The highest BCUT2D eigenvalue weighted by Crippen LogP contribution is 2.29. The fourth-order valence-electron chi connectivity index (χ4n) is 3.86. The first kappa shape index (κ1) is 23.1. The second kappa shape index (κ2) is 10.7. The molecule has 1 saturated carbocycles. The second-order valence-electron chi connectivity index (χ2n) is 7.83. The van der Waals surface area contributed by atoms with Gasteiger partial charge in [-0.1, -0.05) is 29.8 Å². The Balaban J connectivity index is 1.45. The maximum Gasteiger partial charge on any atom is 0.337 e. The molecule has 1 amide bonds. The molecule has 1 heterocycles. The molecular formula is C23H24ClN5O3S. The molecule has 1 aromatic heterocycles. The summed E-state index contributed by atoms with van der Waals surface area (Å²) in [5.74, 6) is 0.223. The van der Waals surface area contributed by atoms with Crippen molar-refractivity contribution in [3.63, 3.8) is 0 Å². The molecule has 0 aliphatic heterocycles. The van der Waals surface area contributed by atoms with Gasteiger partial charge in [0.1, 0.15) is 5.75 Å². The Morgan fingerprint density at radius 3 is 2.76 bits per heavy atom.